The SMILES string of the molecule is COc1cc(C(=O)NC2CCC(C)CC2)cc(OC)c1OCc1ccccc1. The predicted octanol–water partition coefficient (Wildman–Crippen LogP) is 4.59. The minimum absolute atomic E-state index is 0.106. The van der Waals surface area contributed by atoms with Crippen molar-refractivity contribution in [2.24, 2.45) is 5.92 Å². The maximum atomic E-state index is 12.8. The third-order valence-corrected chi connectivity index (χ3v) is 5.30. The molecule has 150 valence electrons. The third-order valence-electron chi connectivity index (χ3n) is 5.30. The second-order valence-electron chi connectivity index (χ2n) is 7.41. The number of hydrogen-bond donors (Lipinski definition) is 1. The molecule has 0 saturated heterocycles. The fourth-order valence-corrected chi connectivity index (χ4v) is 3.56. The van der Waals surface area contributed by atoms with E-state index in [1.807, 2.05) is 30.3 Å². The van der Waals surface area contributed by atoms with Crippen LogP contribution in [-0.2, 0) is 6.61 Å². The van der Waals surface area contributed by atoms with Crippen molar-refractivity contribution in [3.8, 4) is 17.2 Å². The van der Waals surface area contributed by atoms with Gasteiger partial charge >= 0.3 is 0 Å². The van der Waals surface area contributed by atoms with Crippen LogP contribution in [0.2, 0.25) is 0 Å². The Labute approximate surface area is 167 Å². The van der Waals surface area contributed by atoms with Crippen LogP contribution in [0.3, 0.4) is 0 Å². The summed E-state index contributed by atoms with van der Waals surface area (Å²) in [6.45, 7) is 2.65. The number of carbonyl (C=O) groups is 1. The van der Waals surface area contributed by atoms with Crippen LogP contribution in [0.4, 0.5) is 0 Å². The van der Waals surface area contributed by atoms with Crippen LogP contribution in [0.25, 0.3) is 0 Å². The number of hydrogen-bond acceptors (Lipinski definition) is 4. The average molecular weight is 383 g/mol. The highest BCUT2D eigenvalue weighted by molar-refractivity contribution is 5.95. The Hall–Kier alpha value is -2.69. The van der Waals surface area contributed by atoms with Crippen LogP contribution in [0.1, 0.15) is 48.5 Å². The van der Waals surface area contributed by atoms with Crippen molar-refractivity contribution in [2.75, 3.05) is 14.2 Å². The molecular weight excluding hydrogens is 354 g/mol. The highest BCUT2D eigenvalue weighted by Gasteiger charge is 2.22. The van der Waals surface area contributed by atoms with E-state index in [9.17, 15) is 4.79 Å². The average Bonchev–Trinajstić information content (AvgIpc) is 2.73. The van der Waals surface area contributed by atoms with Gasteiger partial charge in [0, 0.05) is 11.6 Å². The smallest absolute Gasteiger partial charge is 0.251 e. The monoisotopic (exact) mass is 383 g/mol. The molecular formula is C23H29NO4. The molecule has 0 atom stereocenters. The summed E-state index contributed by atoms with van der Waals surface area (Å²) < 4.78 is 16.9. The topological polar surface area (TPSA) is 56.8 Å². The predicted molar refractivity (Wildman–Crippen MR) is 109 cm³/mol. The van der Waals surface area contributed by atoms with Gasteiger partial charge in [0.2, 0.25) is 5.75 Å². The van der Waals surface area contributed by atoms with E-state index >= 15 is 0 Å². The second kappa shape index (κ2) is 9.49. The number of nitrogens with one attached hydrogen (secondary N) is 1. The fraction of sp³-hybridized carbons (Fsp3) is 0.435. The molecule has 2 aromatic carbocycles. The van der Waals surface area contributed by atoms with Crippen molar-refractivity contribution in [3.05, 3.63) is 53.6 Å². The first-order chi connectivity index (χ1) is 13.6. The lowest BCUT2D eigenvalue weighted by Gasteiger charge is -2.27. The standard InChI is InChI=1S/C23H29NO4/c1-16-9-11-19(12-10-16)24-23(25)18-13-20(26-2)22(21(14-18)27-3)28-15-17-7-5-4-6-8-17/h4-8,13-14,16,19H,9-12,15H2,1-3H3,(H,24,25). The van der Waals surface area contributed by atoms with Gasteiger partial charge in [-0.3, -0.25) is 4.79 Å². The van der Waals surface area contributed by atoms with Crippen molar-refractivity contribution in [3.63, 3.8) is 0 Å². The second-order valence-corrected chi connectivity index (χ2v) is 7.41. The quantitative estimate of drug-likeness (QED) is 0.760. The summed E-state index contributed by atoms with van der Waals surface area (Å²) in [7, 11) is 3.13. The van der Waals surface area contributed by atoms with Crippen LogP contribution in [-0.4, -0.2) is 26.2 Å². The molecule has 1 amide bonds. The lowest BCUT2D eigenvalue weighted by molar-refractivity contribution is 0.0922. The van der Waals surface area contributed by atoms with E-state index < -0.39 is 0 Å². The van der Waals surface area contributed by atoms with E-state index in [1.54, 1.807) is 26.4 Å². The molecule has 0 bridgehead atoms. The fourth-order valence-electron chi connectivity index (χ4n) is 3.56. The van der Waals surface area contributed by atoms with Crippen LogP contribution < -0.4 is 19.5 Å². The highest BCUT2D eigenvalue weighted by Crippen LogP contribution is 2.39. The van der Waals surface area contributed by atoms with E-state index in [0.717, 1.165) is 37.2 Å². The summed E-state index contributed by atoms with van der Waals surface area (Å²) in [6.07, 6.45) is 4.37. The van der Waals surface area contributed by atoms with E-state index in [0.29, 0.717) is 29.4 Å². The molecule has 1 fully saturated rings. The van der Waals surface area contributed by atoms with Gasteiger partial charge < -0.3 is 19.5 Å². The van der Waals surface area contributed by atoms with Gasteiger partial charge in [-0.2, -0.15) is 0 Å². The molecule has 0 radical (unpaired) electrons. The van der Waals surface area contributed by atoms with Gasteiger partial charge in [0.15, 0.2) is 11.5 Å². The van der Waals surface area contributed by atoms with Gasteiger partial charge in [0.1, 0.15) is 6.61 Å². The lowest BCUT2D eigenvalue weighted by atomic mass is 9.87. The molecule has 1 aliphatic rings. The molecule has 1 saturated carbocycles. The summed E-state index contributed by atoms with van der Waals surface area (Å²) >= 11 is 0. The van der Waals surface area contributed by atoms with E-state index in [2.05, 4.69) is 12.2 Å². The molecule has 5 heteroatoms. The molecule has 0 aromatic heterocycles. The van der Waals surface area contributed by atoms with E-state index in [4.69, 9.17) is 14.2 Å². The van der Waals surface area contributed by atoms with Crippen molar-refractivity contribution < 1.29 is 19.0 Å². The number of carbonyl (C=O) groups excluding carboxylic acids is 1. The Morgan fingerprint density at radius 1 is 1.00 bits per heavy atom. The van der Waals surface area contributed by atoms with Crippen LogP contribution >= 0.6 is 0 Å². The number of ether oxygens (including phenoxy) is 3. The summed E-state index contributed by atoms with van der Waals surface area (Å²) in [5.74, 6) is 2.10. The first-order valence-corrected chi connectivity index (χ1v) is 9.84. The van der Waals surface area contributed by atoms with Gasteiger partial charge in [-0.25, -0.2) is 0 Å². The Kier molecular flexibility index (Phi) is 6.80. The van der Waals surface area contributed by atoms with Gasteiger partial charge in [-0.05, 0) is 49.3 Å². The van der Waals surface area contributed by atoms with E-state index in [1.165, 1.54) is 0 Å². The maximum absolute atomic E-state index is 12.8. The zero-order chi connectivity index (χ0) is 19.9. The Morgan fingerprint density at radius 3 is 2.18 bits per heavy atom. The van der Waals surface area contributed by atoms with Crippen molar-refractivity contribution in [2.45, 2.75) is 45.3 Å². The van der Waals surface area contributed by atoms with Crippen molar-refractivity contribution in [1.29, 1.82) is 0 Å². The lowest BCUT2D eigenvalue weighted by Crippen LogP contribution is -2.37. The van der Waals surface area contributed by atoms with Crippen molar-refractivity contribution >= 4 is 5.91 Å². The molecule has 3 rings (SSSR count). The highest BCUT2D eigenvalue weighted by atomic mass is 16.5. The molecule has 2 aromatic rings. The summed E-state index contributed by atoms with van der Waals surface area (Å²) in [4.78, 5) is 12.8. The largest absolute Gasteiger partial charge is 0.493 e. The molecule has 0 aliphatic heterocycles. The number of amides is 1. The van der Waals surface area contributed by atoms with Gasteiger partial charge in [0.05, 0.1) is 14.2 Å². The normalized spacial score (nSPS) is 19.0. The summed E-state index contributed by atoms with van der Waals surface area (Å²) in [5.41, 5.74) is 1.55. The van der Waals surface area contributed by atoms with Crippen molar-refractivity contribution in [1.82, 2.24) is 5.32 Å². The zero-order valence-electron chi connectivity index (χ0n) is 16.9. The number of benzene rings is 2. The molecule has 1 aliphatic carbocycles. The molecule has 0 spiro atoms. The number of rotatable bonds is 7. The van der Waals surface area contributed by atoms with Crippen LogP contribution in [0.15, 0.2) is 42.5 Å². The minimum atomic E-state index is -0.106. The Morgan fingerprint density at radius 2 is 1.61 bits per heavy atom. The maximum Gasteiger partial charge on any atom is 0.251 e. The Balaban J connectivity index is 1.75. The minimum Gasteiger partial charge on any atom is -0.493 e. The Bertz CT molecular complexity index is 757. The molecule has 0 unspecified atom stereocenters. The zero-order valence-corrected chi connectivity index (χ0v) is 16.9. The first kappa shape index (κ1) is 20.1. The molecule has 1 N–H and O–H groups in total. The van der Waals surface area contributed by atoms with Crippen LogP contribution in [0, 0.1) is 5.92 Å². The molecule has 0 heterocycles. The van der Waals surface area contributed by atoms with Gasteiger partial charge in [-0.15, -0.1) is 0 Å². The first-order valence-electron chi connectivity index (χ1n) is 9.84. The summed E-state index contributed by atoms with van der Waals surface area (Å²) in [6, 6.07) is 13.5. The van der Waals surface area contributed by atoms with Gasteiger partial charge in [0.25, 0.3) is 5.91 Å². The summed E-state index contributed by atoms with van der Waals surface area (Å²) in [5, 5.41) is 3.14. The molecule has 5 nitrogen and oxygen atoms in total. The molecule has 28 heavy (non-hydrogen) atoms. The number of methoxy groups -OCH3 is 2. The third kappa shape index (κ3) is 4.97. The van der Waals surface area contributed by atoms with Crippen LogP contribution in [0.5, 0.6) is 17.2 Å². The van der Waals surface area contributed by atoms with Gasteiger partial charge in [-0.1, -0.05) is 37.3 Å². The van der Waals surface area contributed by atoms with E-state index in [-0.39, 0.29) is 11.9 Å².